The number of furan rings is 1. The number of benzene rings is 1. The molecule has 1 aromatic carbocycles. The maximum atomic E-state index is 5.82. The Bertz CT molecular complexity index is 755. The third kappa shape index (κ3) is 2.15. The highest BCUT2D eigenvalue weighted by atomic mass is 32.1. The first kappa shape index (κ1) is 12.1. The molecular formula is C16H16N2OS. The molecule has 1 aliphatic rings. The van der Waals surface area contributed by atoms with Crippen molar-refractivity contribution < 1.29 is 4.42 Å². The minimum atomic E-state index is 0.719. The molecule has 0 bridgehead atoms. The largest absolute Gasteiger partial charge is 0.461 e. The summed E-state index contributed by atoms with van der Waals surface area (Å²) in [7, 11) is 0. The SMILES string of the molecule is Cc1oc2ccccc2c1-c1nc(CNC2CC2)cs1. The fourth-order valence-corrected chi connectivity index (χ4v) is 3.40. The van der Waals surface area contributed by atoms with E-state index in [1.807, 2.05) is 25.1 Å². The molecule has 0 radical (unpaired) electrons. The summed E-state index contributed by atoms with van der Waals surface area (Å²) in [6, 6.07) is 8.88. The molecule has 1 aliphatic carbocycles. The molecule has 3 nitrogen and oxygen atoms in total. The second kappa shape index (κ2) is 4.72. The molecule has 0 atom stereocenters. The van der Waals surface area contributed by atoms with Gasteiger partial charge in [-0.3, -0.25) is 0 Å². The minimum absolute atomic E-state index is 0.719. The fraction of sp³-hybridized carbons (Fsp3) is 0.312. The van der Waals surface area contributed by atoms with E-state index in [2.05, 4.69) is 16.8 Å². The highest BCUT2D eigenvalue weighted by Gasteiger charge is 2.21. The third-order valence-electron chi connectivity index (χ3n) is 3.69. The van der Waals surface area contributed by atoms with Crippen LogP contribution in [0.5, 0.6) is 0 Å². The van der Waals surface area contributed by atoms with Crippen molar-refractivity contribution in [3.63, 3.8) is 0 Å². The van der Waals surface area contributed by atoms with Crippen LogP contribution in [0, 0.1) is 6.92 Å². The van der Waals surface area contributed by atoms with Crippen LogP contribution in [0.1, 0.15) is 24.3 Å². The number of hydrogen-bond donors (Lipinski definition) is 1. The summed E-state index contributed by atoms with van der Waals surface area (Å²) in [5.74, 6) is 0.947. The molecule has 4 heteroatoms. The molecule has 0 saturated heterocycles. The van der Waals surface area contributed by atoms with Crippen molar-refractivity contribution in [2.75, 3.05) is 0 Å². The number of para-hydroxylation sites is 1. The number of hydrogen-bond acceptors (Lipinski definition) is 4. The van der Waals surface area contributed by atoms with Gasteiger partial charge in [0.25, 0.3) is 0 Å². The van der Waals surface area contributed by atoms with Crippen molar-refractivity contribution in [1.29, 1.82) is 0 Å². The van der Waals surface area contributed by atoms with E-state index in [-0.39, 0.29) is 0 Å². The molecule has 0 spiro atoms. The molecule has 2 aromatic heterocycles. The van der Waals surface area contributed by atoms with E-state index in [1.54, 1.807) is 11.3 Å². The van der Waals surface area contributed by atoms with Crippen LogP contribution in [0.2, 0.25) is 0 Å². The van der Waals surface area contributed by atoms with Crippen molar-refractivity contribution in [3.8, 4) is 10.6 Å². The summed E-state index contributed by atoms with van der Waals surface area (Å²) in [6.45, 7) is 2.88. The van der Waals surface area contributed by atoms with Gasteiger partial charge in [-0.2, -0.15) is 0 Å². The fourth-order valence-electron chi connectivity index (χ4n) is 2.47. The monoisotopic (exact) mass is 284 g/mol. The Morgan fingerprint density at radius 2 is 2.20 bits per heavy atom. The Labute approximate surface area is 121 Å². The lowest BCUT2D eigenvalue weighted by Crippen LogP contribution is -2.15. The van der Waals surface area contributed by atoms with Crippen molar-refractivity contribution in [2.45, 2.75) is 32.4 Å². The number of aromatic nitrogens is 1. The molecule has 0 unspecified atom stereocenters. The average Bonchev–Trinajstić information content (AvgIpc) is 3.06. The van der Waals surface area contributed by atoms with Gasteiger partial charge in [0.05, 0.1) is 11.3 Å². The zero-order chi connectivity index (χ0) is 13.5. The van der Waals surface area contributed by atoms with Gasteiger partial charge in [0.2, 0.25) is 0 Å². The standard InChI is InChI=1S/C16H16N2OS/c1-10-15(13-4-2-3-5-14(13)19-10)16-18-12(9-20-16)8-17-11-6-7-11/h2-5,9,11,17H,6-8H2,1H3. The van der Waals surface area contributed by atoms with E-state index in [9.17, 15) is 0 Å². The summed E-state index contributed by atoms with van der Waals surface area (Å²) >= 11 is 1.70. The second-order valence-electron chi connectivity index (χ2n) is 5.33. The lowest BCUT2D eigenvalue weighted by molar-refractivity contribution is 0.580. The molecule has 1 N–H and O–H groups in total. The van der Waals surface area contributed by atoms with Gasteiger partial charge in [-0.25, -0.2) is 4.98 Å². The Morgan fingerprint density at radius 3 is 3.05 bits per heavy atom. The zero-order valence-corrected chi connectivity index (χ0v) is 12.2. The molecule has 1 saturated carbocycles. The van der Waals surface area contributed by atoms with E-state index in [0.717, 1.165) is 45.6 Å². The Balaban J connectivity index is 1.69. The number of nitrogens with one attached hydrogen (secondary N) is 1. The minimum Gasteiger partial charge on any atom is -0.461 e. The zero-order valence-electron chi connectivity index (χ0n) is 11.3. The molecule has 1 fully saturated rings. The van der Waals surface area contributed by atoms with Gasteiger partial charge < -0.3 is 9.73 Å². The number of rotatable bonds is 4. The van der Waals surface area contributed by atoms with Crippen LogP contribution in [-0.4, -0.2) is 11.0 Å². The van der Waals surface area contributed by atoms with E-state index < -0.39 is 0 Å². The quantitative estimate of drug-likeness (QED) is 0.783. The first-order chi connectivity index (χ1) is 9.81. The summed E-state index contributed by atoms with van der Waals surface area (Å²) in [4.78, 5) is 4.76. The Hall–Kier alpha value is -1.65. The molecule has 0 amide bonds. The van der Waals surface area contributed by atoms with E-state index in [1.165, 1.54) is 12.8 Å². The van der Waals surface area contributed by atoms with Gasteiger partial charge in [-0.05, 0) is 25.8 Å². The topological polar surface area (TPSA) is 38.1 Å². The predicted molar refractivity (Wildman–Crippen MR) is 81.9 cm³/mol. The molecule has 3 aromatic rings. The Kier molecular flexibility index (Phi) is 2.86. The van der Waals surface area contributed by atoms with Gasteiger partial charge in [-0.1, -0.05) is 18.2 Å². The lowest BCUT2D eigenvalue weighted by Gasteiger charge is -1.98. The number of nitrogens with zero attached hydrogens (tertiary/aromatic N) is 1. The summed E-state index contributed by atoms with van der Waals surface area (Å²) in [5.41, 5.74) is 3.21. The molecular weight excluding hydrogens is 268 g/mol. The van der Waals surface area contributed by atoms with Gasteiger partial charge >= 0.3 is 0 Å². The van der Waals surface area contributed by atoms with Crippen molar-refractivity contribution in [3.05, 3.63) is 41.1 Å². The van der Waals surface area contributed by atoms with Gasteiger partial charge in [0.15, 0.2) is 0 Å². The normalized spacial score (nSPS) is 15.1. The van der Waals surface area contributed by atoms with Crippen molar-refractivity contribution in [2.24, 2.45) is 0 Å². The van der Waals surface area contributed by atoms with Crippen LogP contribution < -0.4 is 5.32 Å². The number of fused-ring (bicyclic) bond motifs is 1. The molecule has 2 heterocycles. The summed E-state index contributed by atoms with van der Waals surface area (Å²) in [6.07, 6.45) is 2.62. The number of thiazole rings is 1. The average molecular weight is 284 g/mol. The van der Waals surface area contributed by atoms with Crippen molar-refractivity contribution in [1.82, 2.24) is 10.3 Å². The summed E-state index contributed by atoms with van der Waals surface area (Å²) in [5, 5.41) is 7.86. The number of aryl methyl sites for hydroxylation is 1. The third-order valence-corrected chi connectivity index (χ3v) is 4.59. The maximum Gasteiger partial charge on any atom is 0.135 e. The molecule has 0 aliphatic heterocycles. The highest BCUT2D eigenvalue weighted by molar-refractivity contribution is 7.13. The van der Waals surface area contributed by atoms with Crippen LogP contribution >= 0.6 is 11.3 Å². The van der Waals surface area contributed by atoms with Gasteiger partial charge in [0.1, 0.15) is 16.4 Å². The van der Waals surface area contributed by atoms with Crippen LogP contribution in [0.15, 0.2) is 34.1 Å². The lowest BCUT2D eigenvalue weighted by atomic mass is 10.1. The van der Waals surface area contributed by atoms with Gasteiger partial charge in [-0.15, -0.1) is 11.3 Å². The smallest absolute Gasteiger partial charge is 0.135 e. The predicted octanol–water partition coefficient (Wildman–Crippen LogP) is 4.12. The van der Waals surface area contributed by atoms with Crippen LogP contribution in [0.3, 0.4) is 0 Å². The van der Waals surface area contributed by atoms with E-state index in [0.29, 0.717) is 0 Å². The second-order valence-corrected chi connectivity index (χ2v) is 6.19. The molecule has 4 rings (SSSR count). The molecule has 102 valence electrons. The molecule has 20 heavy (non-hydrogen) atoms. The van der Waals surface area contributed by atoms with Crippen LogP contribution in [0.4, 0.5) is 0 Å². The van der Waals surface area contributed by atoms with Gasteiger partial charge in [0, 0.05) is 23.4 Å². The first-order valence-corrected chi connectivity index (χ1v) is 7.85. The first-order valence-electron chi connectivity index (χ1n) is 6.97. The van der Waals surface area contributed by atoms with E-state index in [4.69, 9.17) is 9.40 Å². The maximum absolute atomic E-state index is 5.82. The van der Waals surface area contributed by atoms with Crippen LogP contribution in [0.25, 0.3) is 21.5 Å². The van der Waals surface area contributed by atoms with E-state index >= 15 is 0 Å². The Morgan fingerprint density at radius 1 is 1.35 bits per heavy atom. The van der Waals surface area contributed by atoms with Crippen molar-refractivity contribution >= 4 is 22.3 Å². The van der Waals surface area contributed by atoms with Crippen LogP contribution in [-0.2, 0) is 6.54 Å². The summed E-state index contributed by atoms with van der Waals surface area (Å²) < 4.78 is 5.82. The highest BCUT2D eigenvalue weighted by Crippen LogP contribution is 2.36.